The smallest absolute Gasteiger partial charge is 0.327 e. The van der Waals surface area contributed by atoms with Crippen LogP contribution in [0.5, 0.6) is 11.5 Å². The zero-order valence-electron chi connectivity index (χ0n) is 20.2. The van der Waals surface area contributed by atoms with Crippen LogP contribution in [0, 0.1) is 12.7 Å². The largest absolute Gasteiger partial charge is 0.465 e. The highest BCUT2D eigenvalue weighted by atomic mass is 35.5. The molecule has 0 amide bonds. The summed E-state index contributed by atoms with van der Waals surface area (Å²) in [5.74, 6) is -0.0965. The number of hydrogen-bond donors (Lipinski definition) is 0. The summed E-state index contributed by atoms with van der Waals surface area (Å²) in [4.78, 5) is 12.0. The monoisotopic (exact) mass is 535 g/mol. The van der Waals surface area contributed by atoms with Crippen LogP contribution in [-0.4, -0.2) is 42.1 Å². The number of aryl methyl sites for hydroxylation is 1. The Morgan fingerprint density at radius 2 is 2.00 bits per heavy atom. The van der Waals surface area contributed by atoms with E-state index in [0.717, 1.165) is 17.7 Å². The van der Waals surface area contributed by atoms with E-state index in [1.807, 2.05) is 0 Å². The average molecular weight is 536 g/mol. The Morgan fingerprint density at radius 3 is 2.69 bits per heavy atom. The van der Waals surface area contributed by atoms with Crippen LogP contribution in [-0.2, 0) is 32.5 Å². The van der Waals surface area contributed by atoms with E-state index in [0.29, 0.717) is 24.2 Å². The molecule has 0 saturated heterocycles. The Labute approximate surface area is 214 Å². The molecule has 1 unspecified atom stereocenters. The standard InChI is InChI=1S/C25H27ClFN3O5S/c1-4-34-25(31)15-30-22-7-5-6-21(19(22)14-28-30)29(3)36(32,33)18-9-11-24(20(26)13-18)35-23-10-8-17(27)12-16(23)2/h8-14,21H,4-7,15H2,1-3H3. The van der Waals surface area contributed by atoms with E-state index in [9.17, 15) is 17.6 Å². The lowest BCUT2D eigenvalue weighted by atomic mass is 9.93. The number of carbonyl (C=O) groups is 1. The van der Waals surface area contributed by atoms with Gasteiger partial charge in [-0.25, -0.2) is 12.8 Å². The second-order valence-corrected chi connectivity index (χ2v) is 10.9. The van der Waals surface area contributed by atoms with Gasteiger partial charge in [-0.15, -0.1) is 0 Å². The fraction of sp³-hybridized carbons (Fsp3) is 0.360. The van der Waals surface area contributed by atoms with E-state index in [1.165, 1.54) is 47.8 Å². The topological polar surface area (TPSA) is 90.7 Å². The number of sulfonamides is 1. The van der Waals surface area contributed by atoms with Gasteiger partial charge in [-0.1, -0.05) is 11.6 Å². The number of aromatic nitrogens is 2. The number of esters is 1. The molecule has 11 heteroatoms. The van der Waals surface area contributed by atoms with Crippen LogP contribution < -0.4 is 4.74 Å². The Morgan fingerprint density at radius 1 is 1.25 bits per heavy atom. The highest BCUT2D eigenvalue weighted by molar-refractivity contribution is 7.89. The molecule has 8 nitrogen and oxygen atoms in total. The molecule has 0 N–H and O–H groups in total. The Kier molecular flexibility index (Phi) is 7.67. The lowest BCUT2D eigenvalue weighted by Crippen LogP contribution is -2.33. The van der Waals surface area contributed by atoms with Gasteiger partial charge in [0.15, 0.2) is 0 Å². The first-order valence-electron chi connectivity index (χ1n) is 11.5. The minimum Gasteiger partial charge on any atom is -0.465 e. The van der Waals surface area contributed by atoms with Gasteiger partial charge >= 0.3 is 5.97 Å². The third kappa shape index (κ3) is 5.25. The molecule has 0 fully saturated rings. The van der Waals surface area contributed by atoms with Crippen LogP contribution in [0.25, 0.3) is 0 Å². The molecule has 1 aliphatic carbocycles. The summed E-state index contributed by atoms with van der Waals surface area (Å²) in [6, 6.07) is 7.92. The Balaban J connectivity index is 1.57. The SMILES string of the molecule is CCOC(=O)Cn1ncc2c1CCCC2N(C)S(=O)(=O)c1ccc(Oc2ccc(F)cc2C)c(Cl)c1. The molecule has 2 aromatic carbocycles. The van der Waals surface area contributed by atoms with Crippen molar-refractivity contribution in [3.63, 3.8) is 0 Å². The summed E-state index contributed by atoms with van der Waals surface area (Å²) in [6.45, 7) is 3.70. The maximum atomic E-state index is 13.5. The molecular weight excluding hydrogens is 509 g/mol. The number of carbonyl (C=O) groups excluding carboxylic acids is 1. The summed E-state index contributed by atoms with van der Waals surface area (Å²) >= 11 is 6.38. The van der Waals surface area contributed by atoms with Crippen molar-refractivity contribution in [3.05, 3.63) is 70.3 Å². The summed E-state index contributed by atoms with van der Waals surface area (Å²) in [7, 11) is -2.39. The predicted octanol–water partition coefficient (Wildman–Crippen LogP) is 5.04. The molecule has 36 heavy (non-hydrogen) atoms. The normalized spacial score (nSPS) is 15.6. The van der Waals surface area contributed by atoms with Crippen molar-refractivity contribution >= 4 is 27.6 Å². The van der Waals surface area contributed by atoms with Crippen molar-refractivity contribution in [1.29, 1.82) is 0 Å². The maximum Gasteiger partial charge on any atom is 0.327 e. The van der Waals surface area contributed by atoms with Gasteiger partial charge < -0.3 is 9.47 Å². The zero-order chi connectivity index (χ0) is 26.0. The third-order valence-electron chi connectivity index (χ3n) is 6.19. The number of hydrogen-bond acceptors (Lipinski definition) is 6. The Hall–Kier alpha value is -2.95. The molecule has 0 aliphatic heterocycles. The summed E-state index contributed by atoms with van der Waals surface area (Å²) < 4.78 is 54.1. The van der Waals surface area contributed by atoms with Crippen molar-refractivity contribution < 1.29 is 27.1 Å². The van der Waals surface area contributed by atoms with Crippen molar-refractivity contribution in [2.45, 2.75) is 50.6 Å². The Bertz CT molecular complexity index is 1390. The van der Waals surface area contributed by atoms with Gasteiger partial charge in [-0.2, -0.15) is 9.40 Å². The minimum atomic E-state index is -3.91. The van der Waals surface area contributed by atoms with Crippen LogP contribution in [0.15, 0.2) is 47.5 Å². The van der Waals surface area contributed by atoms with Gasteiger partial charge in [0.1, 0.15) is 23.9 Å². The van der Waals surface area contributed by atoms with Crippen LogP contribution in [0.3, 0.4) is 0 Å². The molecule has 4 rings (SSSR count). The number of rotatable bonds is 8. The van der Waals surface area contributed by atoms with Gasteiger partial charge in [-0.05, 0) is 75.1 Å². The van der Waals surface area contributed by atoms with Crippen LogP contribution in [0.2, 0.25) is 5.02 Å². The molecule has 3 aromatic rings. The molecule has 1 aromatic heterocycles. The second-order valence-electron chi connectivity index (χ2n) is 8.54. The van der Waals surface area contributed by atoms with Crippen molar-refractivity contribution in [1.82, 2.24) is 14.1 Å². The van der Waals surface area contributed by atoms with Gasteiger partial charge in [0.2, 0.25) is 10.0 Å². The third-order valence-corrected chi connectivity index (χ3v) is 8.35. The molecule has 0 bridgehead atoms. The lowest BCUT2D eigenvalue weighted by Gasteiger charge is -2.31. The first kappa shape index (κ1) is 26.1. The van der Waals surface area contributed by atoms with E-state index in [2.05, 4.69) is 5.10 Å². The molecular formula is C25H27ClFN3O5S. The van der Waals surface area contributed by atoms with Crippen LogP contribution in [0.1, 0.15) is 42.6 Å². The molecule has 0 saturated carbocycles. The quantitative estimate of drug-likeness (QED) is 0.375. The van der Waals surface area contributed by atoms with Gasteiger partial charge in [-0.3, -0.25) is 9.48 Å². The molecule has 0 spiro atoms. The highest BCUT2D eigenvalue weighted by Crippen LogP contribution is 2.38. The van der Waals surface area contributed by atoms with E-state index < -0.39 is 16.1 Å². The van der Waals surface area contributed by atoms with E-state index >= 15 is 0 Å². The summed E-state index contributed by atoms with van der Waals surface area (Å²) in [6.07, 6.45) is 3.68. The molecule has 192 valence electrons. The molecule has 1 aliphatic rings. The molecule has 0 radical (unpaired) electrons. The fourth-order valence-electron chi connectivity index (χ4n) is 4.34. The number of fused-ring (bicyclic) bond motifs is 1. The summed E-state index contributed by atoms with van der Waals surface area (Å²) in [5, 5.41) is 4.43. The first-order chi connectivity index (χ1) is 17.1. The zero-order valence-corrected chi connectivity index (χ0v) is 21.8. The van der Waals surface area contributed by atoms with Crippen molar-refractivity contribution in [3.8, 4) is 11.5 Å². The fourth-order valence-corrected chi connectivity index (χ4v) is 6.02. The predicted molar refractivity (Wildman–Crippen MR) is 132 cm³/mol. The first-order valence-corrected chi connectivity index (χ1v) is 13.4. The minimum absolute atomic E-state index is 0.0169. The van der Waals surface area contributed by atoms with Gasteiger partial charge in [0.05, 0.1) is 28.8 Å². The van der Waals surface area contributed by atoms with Gasteiger partial charge in [0.25, 0.3) is 0 Å². The van der Waals surface area contributed by atoms with Crippen molar-refractivity contribution in [2.24, 2.45) is 0 Å². The number of nitrogens with zero attached hydrogens (tertiary/aromatic N) is 3. The lowest BCUT2D eigenvalue weighted by molar-refractivity contribution is -0.144. The summed E-state index contributed by atoms with van der Waals surface area (Å²) in [5.41, 5.74) is 2.19. The van der Waals surface area contributed by atoms with E-state index in [4.69, 9.17) is 21.1 Å². The van der Waals surface area contributed by atoms with E-state index in [-0.39, 0.29) is 40.6 Å². The maximum absolute atomic E-state index is 13.5. The second kappa shape index (κ2) is 10.6. The number of ether oxygens (including phenoxy) is 2. The van der Waals surface area contributed by atoms with Gasteiger partial charge in [0, 0.05) is 18.3 Å². The molecule has 1 atom stereocenters. The van der Waals surface area contributed by atoms with Crippen LogP contribution in [0.4, 0.5) is 4.39 Å². The highest BCUT2D eigenvalue weighted by Gasteiger charge is 2.34. The number of halogens is 2. The van der Waals surface area contributed by atoms with E-state index in [1.54, 1.807) is 24.7 Å². The molecule has 1 heterocycles. The van der Waals surface area contributed by atoms with Crippen LogP contribution >= 0.6 is 11.6 Å². The number of benzene rings is 2. The average Bonchev–Trinajstić information content (AvgIpc) is 3.24. The van der Waals surface area contributed by atoms with Crippen molar-refractivity contribution in [2.75, 3.05) is 13.7 Å².